The van der Waals surface area contributed by atoms with Crippen LogP contribution in [0.1, 0.15) is 0 Å². The highest BCUT2D eigenvalue weighted by Gasteiger charge is 2.16. The number of hydrogen-bond donors (Lipinski definition) is 1. The Morgan fingerprint density at radius 2 is 1.82 bits per heavy atom. The molecule has 0 atom stereocenters. The Hall–Kier alpha value is -2.41. The van der Waals surface area contributed by atoms with Gasteiger partial charge in [0, 0.05) is 31.9 Å². The number of hydrogen-bond acceptors (Lipinski definition) is 7. The maximum absolute atomic E-state index is 5.14. The minimum Gasteiger partial charge on any atom is -0.497 e. The lowest BCUT2D eigenvalue weighted by molar-refractivity contribution is 0.312. The number of rotatable bonds is 4. The average molecular weight is 300 g/mol. The van der Waals surface area contributed by atoms with Gasteiger partial charge in [0.1, 0.15) is 5.75 Å². The number of benzene rings is 1. The lowest BCUT2D eigenvalue weighted by atomic mass is 10.3. The zero-order valence-corrected chi connectivity index (χ0v) is 12.9. The fourth-order valence-corrected chi connectivity index (χ4v) is 2.34. The molecule has 0 amide bonds. The van der Waals surface area contributed by atoms with Crippen molar-refractivity contribution in [2.45, 2.75) is 0 Å². The molecule has 1 aliphatic rings. The summed E-state index contributed by atoms with van der Waals surface area (Å²) in [5.74, 6) is 2.18. The molecule has 0 aliphatic carbocycles. The third-order valence-corrected chi connectivity index (χ3v) is 3.72. The molecule has 3 rings (SSSR count). The van der Waals surface area contributed by atoms with E-state index in [9.17, 15) is 0 Å². The van der Waals surface area contributed by atoms with Crippen LogP contribution < -0.4 is 15.0 Å². The molecule has 1 aromatic heterocycles. The van der Waals surface area contributed by atoms with Crippen LogP contribution in [0.2, 0.25) is 0 Å². The van der Waals surface area contributed by atoms with E-state index in [1.807, 2.05) is 24.3 Å². The molecule has 116 valence electrons. The Bertz CT molecular complexity index is 610. The molecule has 7 nitrogen and oxygen atoms in total. The first-order valence-corrected chi connectivity index (χ1v) is 7.29. The van der Waals surface area contributed by atoms with E-state index in [4.69, 9.17) is 4.74 Å². The van der Waals surface area contributed by atoms with Crippen LogP contribution in [0.5, 0.6) is 5.75 Å². The third kappa shape index (κ3) is 3.43. The summed E-state index contributed by atoms with van der Waals surface area (Å²) in [5.41, 5.74) is 0.901. The van der Waals surface area contributed by atoms with Crippen molar-refractivity contribution in [1.82, 2.24) is 20.1 Å². The van der Waals surface area contributed by atoms with Crippen LogP contribution in [0.4, 0.5) is 17.5 Å². The number of nitrogens with zero attached hydrogens (tertiary/aromatic N) is 5. The second-order valence-electron chi connectivity index (χ2n) is 5.28. The van der Waals surface area contributed by atoms with Crippen molar-refractivity contribution in [3.05, 3.63) is 30.5 Å². The fourth-order valence-electron chi connectivity index (χ4n) is 2.34. The van der Waals surface area contributed by atoms with Crippen LogP contribution >= 0.6 is 0 Å². The lowest BCUT2D eigenvalue weighted by Gasteiger charge is -2.32. The van der Waals surface area contributed by atoms with Crippen molar-refractivity contribution >= 4 is 17.5 Å². The number of methoxy groups -OCH3 is 1. The number of nitrogens with one attached hydrogen (secondary N) is 1. The highest BCUT2D eigenvalue weighted by molar-refractivity contribution is 5.55. The normalized spacial score (nSPS) is 15.6. The predicted octanol–water partition coefficient (Wildman–Crippen LogP) is 1.38. The number of ether oxygens (including phenoxy) is 1. The Labute approximate surface area is 129 Å². The number of piperazine rings is 1. The Balaban J connectivity index is 1.70. The van der Waals surface area contributed by atoms with Crippen molar-refractivity contribution in [2.75, 3.05) is 50.6 Å². The Morgan fingerprint density at radius 3 is 2.50 bits per heavy atom. The molecule has 0 spiro atoms. The summed E-state index contributed by atoms with van der Waals surface area (Å²) in [4.78, 5) is 9.09. The van der Waals surface area contributed by atoms with Gasteiger partial charge in [-0.05, 0) is 31.3 Å². The quantitative estimate of drug-likeness (QED) is 0.915. The van der Waals surface area contributed by atoms with Crippen molar-refractivity contribution < 1.29 is 4.74 Å². The zero-order chi connectivity index (χ0) is 15.4. The monoisotopic (exact) mass is 300 g/mol. The summed E-state index contributed by atoms with van der Waals surface area (Å²) in [6.07, 6.45) is 1.71. The second-order valence-corrected chi connectivity index (χ2v) is 5.28. The second kappa shape index (κ2) is 6.57. The number of aromatic nitrogens is 3. The fraction of sp³-hybridized carbons (Fsp3) is 0.400. The SMILES string of the molecule is COc1ccc(Nc2nncc(N3CCN(C)CC3)n2)cc1. The van der Waals surface area contributed by atoms with Gasteiger partial charge in [-0.3, -0.25) is 0 Å². The summed E-state index contributed by atoms with van der Waals surface area (Å²) in [6, 6.07) is 7.62. The summed E-state index contributed by atoms with van der Waals surface area (Å²) in [7, 11) is 3.78. The van der Waals surface area contributed by atoms with Crippen molar-refractivity contribution in [2.24, 2.45) is 0 Å². The van der Waals surface area contributed by atoms with Gasteiger partial charge in [0.25, 0.3) is 0 Å². The van der Waals surface area contributed by atoms with Gasteiger partial charge in [-0.1, -0.05) is 0 Å². The highest BCUT2D eigenvalue weighted by Crippen LogP contribution is 2.19. The molecule has 7 heteroatoms. The van der Waals surface area contributed by atoms with Crippen LogP contribution in [0.15, 0.2) is 30.5 Å². The molecular weight excluding hydrogens is 280 g/mol. The van der Waals surface area contributed by atoms with Crippen LogP contribution in [-0.4, -0.2) is 60.4 Å². The first-order chi connectivity index (χ1) is 10.7. The smallest absolute Gasteiger partial charge is 0.249 e. The molecule has 1 aromatic carbocycles. The van der Waals surface area contributed by atoms with Crippen molar-refractivity contribution in [3.63, 3.8) is 0 Å². The Kier molecular flexibility index (Phi) is 4.34. The van der Waals surface area contributed by atoms with E-state index in [0.717, 1.165) is 43.4 Å². The van der Waals surface area contributed by atoms with E-state index in [2.05, 4.69) is 37.3 Å². The molecular formula is C15H20N6O. The third-order valence-electron chi connectivity index (χ3n) is 3.72. The van der Waals surface area contributed by atoms with Crippen LogP contribution in [0.3, 0.4) is 0 Å². The van der Waals surface area contributed by atoms with Crippen molar-refractivity contribution in [1.29, 1.82) is 0 Å². The molecule has 2 heterocycles. The van der Waals surface area contributed by atoms with Crippen LogP contribution in [0, 0.1) is 0 Å². The minimum absolute atomic E-state index is 0.501. The van der Waals surface area contributed by atoms with Gasteiger partial charge in [-0.15, -0.1) is 5.10 Å². The van der Waals surface area contributed by atoms with E-state index in [1.54, 1.807) is 13.3 Å². The highest BCUT2D eigenvalue weighted by atomic mass is 16.5. The van der Waals surface area contributed by atoms with Crippen molar-refractivity contribution in [3.8, 4) is 5.75 Å². The molecule has 1 saturated heterocycles. The maximum Gasteiger partial charge on any atom is 0.249 e. The number of anilines is 3. The summed E-state index contributed by atoms with van der Waals surface area (Å²) < 4.78 is 5.14. The predicted molar refractivity (Wildman–Crippen MR) is 85.8 cm³/mol. The van der Waals surface area contributed by atoms with Gasteiger partial charge >= 0.3 is 0 Å². The standard InChI is InChI=1S/C15H20N6O/c1-20-7-9-21(10-8-20)14-11-16-19-15(18-14)17-12-3-5-13(22-2)6-4-12/h3-6,11H,7-10H2,1-2H3,(H,17,18,19). The summed E-state index contributed by atoms with van der Waals surface area (Å²) in [5, 5.41) is 11.3. The molecule has 1 N–H and O–H groups in total. The zero-order valence-electron chi connectivity index (χ0n) is 12.9. The van der Waals surface area contributed by atoms with E-state index in [1.165, 1.54) is 0 Å². The van der Waals surface area contributed by atoms with Gasteiger partial charge in [-0.2, -0.15) is 10.1 Å². The molecule has 2 aromatic rings. The van der Waals surface area contributed by atoms with E-state index in [0.29, 0.717) is 5.95 Å². The van der Waals surface area contributed by atoms with E-state index in [-0.39, 0.29) is 0 Å². The van der Waals surface area contributed by atoms with E-state index >= 15 is 0 Å². The molecule has 0 saturated carbocycles. The average Bonchev–Trinajstić information content (AvgIpc) is 2.56. The Morgan fingerprint density at radius 1 is 1.09 bits per heavy atom. The molecule has 0 unspecified atom stereocenters. The topological polar surface area (TPSA) is 66.4 Å². The molecule has 0 bridgehead atoms. The first kappa shape index (κ1) is 14.5. The summed E-state index contributed by atoms with van der Waals surface area (Å²) >= 11 is 0. The van der Waals surface area contributed by atoms with Gasteiger partial charge < -0.3 is 19.9 Å². The van der Waals surface area contributed by atoms with E-state index < -0.39 is 0 Å². The minimum atomic E-state index is 0.501. The van der Waals surface area contributed by atoms with Crippen LogP contribution in [0.25, 0.3) is 0 Å². The first-order valence-electron chi connectivity index (χ1n) is 7.29. The maximum atomic E-state index is 5.14. The number of likely N-dealkylation sites (N-methyl/N-ethyl adjacent to an activating group) is 1. The molecule has 1 aliphatic heterocycles. The lowest BCUT2D eigenvalue weighted by Crippen LogP contribution is -2.44. The van der Waals surface area contributed by atoms with Gasteiger partial charge in [0.2, 0.25) is 5.95 Å². The van der Waals surface area contributed by atoms with Gasteiger partial charge in [0.15, 0.2) is 5.82 Å². The van der Waals surface area contributed by atoms with Gasteiger partial charge in [0.05, 0.1) is 13.3 Å². The largest absolute Gasteiger partial charge is 0.497 e. The van der Waals surface area contributed by atoms with Crippen LogP contribution in [-0.2, 0) is 0 Å². The molecule has 0 radical (unpaired) electrons. The molecule has 22 heavy (non-hydrogen) atoms. The van der Waals surface area contributed by atoms with Gasteiger partial charge in [-0.25, -0.2) is 0 Å². The molecule has 1 fully saturated rings. The summed E-state index contributed by atoms with van der Waals surface area (Å²) in [6.45, 7) is 3.98.